The molecule has 2 rings (SSSR count). The standard InChI is InChI=1S/C16H18BrCl2NO/c17-6-4-2-1-3-5-11-7-15(20-10-11)12-8-13(18)16(21)14(19)9-12/h7-10,20-21H,1-6H2. The molecule has 2 N–H and O–H groups in total. The average Bonchev–Trinajstić information content (AvgIpc) is 2.93. The van der Waals surface area contributed by atoms with Gasteiger partial charge in [0.05, 0.1) is 10.0 Å². The van der Waals surface area contributed by atoms with Gasteiger partial charge in [-0.05, 0) is 43.0 Å². The number of hydrogen-bond acceptors (Lipinski definition) is 1. The molecule has 0 saturated carbocycles. The number of rotatable bonds is 7. The smallest absolute Gasteiger partial charge is 0.152 e. The van der Waals surface area contributed by atoms with E-state index in [-0.39, 0.29) is 15.8 Å². The lowest BCUT2D eigenvalue weighted by molar-refractivity contribution is 0.476. The quantitative estimate of drug-likeness (QED) is 0.429. The van der Waals surface area contributed by atoms with E-state index in [0.29, 0.717) is 0 Å². The zero-order valence-electron chi connectivity index (χ0n) is 11.6. The van der Waals surface area contributed by atoms with Crippen LogP contribution in [0.15, 0.2) is 24.4 Å². The molecule has 0 atom stereocenters. The fourth-order valence-corrected chi connectivity index (χ4v) is 3.13. The van der Waals surface area contributed by atoms with Crippen LogP contribution in [0, 0.1) is 0 Å². The van der Waals surface area contributed by atoms with Gasteiger partial charge in [0.2, 0.25) is 0 Å². The Bertz CT molecular complexity index is 575. The van der Waals surface area contributed by atoms with Crippen molar-refractivity contribution in [3.63, 3.8) is 0 Å². The van der Waals surface area contributed by atoms with Crippen LogP contribution in [0.25, 0.3) is 11.3 Å². The number of phenols is 1. The van der Waals surface area contributed by atoms with Crippen molar-refractivity contribution >= 4 is 39.1 Å². The van der Waals surface area contributed by atoms with E-state index in [9.17, 15) is 5.11 Å². The summed E-state index contributed by atoms with van der Waals surface area (Å²) in [4.78, 5) is 3.24. The van der Waals surface area contributed by atoms with Gasteiger partial charge in [0, 0.05) is 22.8 Å². The third-order valence-corrected chi connectivity index (χ3v) is 4.56. The summed E-state index contributed by atoms with van der Waals surface area (Å²) in [6, 6.07) is 5.55. The second-order valence-corrected chi connectivity index (χ2v) is 6.67. The fourth-order valence-electron chi connectivity index (χ4n) is 2.25. The number of aromatic amines is 1. The molecule has 0 unspecified atom stereocenters. The molecule has 0 spiro atoms. The molecular formula is C16H18BrCl2NO. The lowest BCUT2D eigenvalue weighted by Crippen LogP contribution is -1.84. The molecule has 1 aromatic carbocycles. The lowest BCUT2D eigenvalue weighted by Gasteiger charge is -2.03. The number of aromatic hydroxyl groups is 1. The SMILES string of the molecule is Oc1c(Cl)cc(-c2cc(CCCCCCBr)c[nH]2)cc1Cl. The highest BCUT2D eigenvalue weighted by molar-refractivity contribution is 9.09. The third-order valence-electron chi connectivity index (χ3n) is 3.42. The molecule has 0 aliphatic rings. The highest BCUT2D eigenvalue weighted by Crippen LogP contribution is 2.36. The Morgan fingerprint density at radius 2 is 1.67 bits per heavy atom. The van der Waals surface area contributed by atoms with Crippen LogP contribution in [0.3, 0.4) is 0 Å². The maximum Gasteiger partial charge on any atom is 0.152 e. The van der Waals surface area contributed by atoms with Crippen LogP contribution in [-0.4, -0.2) is 15.4 Å². The molecule has 5 heteroatoms. The summed E-state index contributed by atoms with van der Waals surface area (Å²) in [6.45, 7) is 0. The van der Waals surface area contributed by atoms with Crippen molar-refractivity contribution in [3.8, 4) is 17.0 Å². The van der Waals surface area contributed by atoms with E-state index in [1.807, 2.05) is 6.20 Å². The van der Waals surface area contributed by atoms with Gasteiger partial charge in [-0.1, -0.05) is 52.0 Å². The third kappa shape index (κ3) is 4.67. The number of alkyl halides is 1. The minimum atomic E-state index is -0.0688. The van der Waals surface area contributed by atoms with Crippen molar-refractivity contribution in [1.82, 2.24) is 4.98 Å². The summed E-state index contributed by atoms with van der Waals surface area (Å²) >= 11 is 15.4. The topological polar surface area (TPSA) is 36.0 Å². The van der Waals surface area contributed by atoms with Gasteiger partial charge in [-0.15, -0.1) is 0 Å². The van der Waals surface area contributed by atoms with Gasteiger partial charge in [-0.3, -0.25) is 0 Å². The van der Waals surface area contributed by atoms with Crippen molar-refractivity contribution in [2.45, 2.75) is 32.1 Å². The maximum atomic E-state index is 9.59. The van der Waals surface area contributed by atoms with Crippen LogP contribution < -0.4 is 0 Å². The first-order valence-electron chi connectivity index (χ1n) is 7.03. The van der Waals surface area contributed by atoms with Gasteiger partial charge < -0.3 is 10.1 Å². The van der Waals surface area contributed by atoms with Crippen LogP contribution in [0.4, 0.5) is 0 Å². The molecule has 2 nitrogen and oxygen atoms in total. The molecule has 0 fully saturated rings. The molecule has 2 aromatic rings. The molecule has 0 amide bonds. The Labute approximate surface area is 143 Å². The molecule has 0 radical (unpaired) electrons. The van der Waals surface area contributed by atoms with E-state index >= 15 is 0 Å². The van der Waals surface area contributed by atoms with Gasteiger partial charge >= 0.3 is 0 Å². The zero-order valence-corrected chi connectivity index (χ0v) is 14.7. The van der Waals surface area contributed by atoms with E-state index in [1.165, 1.54) is 31.2 Å². The number of nitrogens with one attached hydrogen (secondary N) is 1. The van der Waals surface area contributed by atoms with Crippen molar-refractivity contribution in [3.05, 3.63) is 40.0 Å². The number of H-pyrrole nitrogens is 1. The highest BCUT2D eigenvalue weighted by atomic mass is 79.9. The minimum absolute atomic E-state index is 0.0688. The summed E-state index contributed by atoms with van der Waals surface area (Å²) in [5, 5.41) is 11.2. The second kappa shape index (κ2) is 8.11. The van der Waals surface area contributed by atoms with E-state index in [2.05, 4.69) is 27.0 Å². The molecule has 1 heterocycles. The molecule has 21 heavy (non-hydrogen) atoms. The molecular weight excluding hydrogens is 373 g/mol. The van der Waals surface area contributed by atoms with Gasteiger partial charge in [0.15, 0.2) is 5.75 Å². The Balaban J connectivity index is 1.99. The number of unbranched alkanes of at least 4 members (excludes halogenated alkanes) is 3. The van der Waals surface area contributed by atoms with Crippen LogP contribution >= 0.6 is 39.1 Å². The zero-order chi connectivity index (χ0) is 15.2. The molecule has 0 saturated heterocycles. The van der Waals surface area contributed by atoms with E-state index < -0.39 is 0 Å². The van der Waals surface area contributed by atoms with Crippen LogP contribution in [0.2, 0.25) is 10.0 Å². The van der Waals surface area contributed by atoms with Crippen LogP contribution in [-0.2, 0) is 6.42 Å². The monoisotopic (exact) mass is 389 g/mol. The maximum absolute atomic E-state index is 9.59. The number of aryl methyl sites for hydroxylation is 1. The van der Waals surface area contributed by atoms with Gasteiger partial charge in [0.25, 0.3) is 0 Å². The van der Waals surface area contributed by atoms with E-state index in [4.69, 9.17) is 23.2 Å². The Kier molecular flexibility index (Phi) is 6.46. The predicted molar refractivity (Wildman–Crippen MR) is 93.9 cm³/mol. The normalized spacial score (nSPS) is 11.0. The molecule has 114 valence electrons. The van der Waals surface area contributed by atoms with Crippen molar-refractivity contribution in [2.75, 3.05) is 5.33 Å². The second-order valence-electron chi connectivity index (χ2n) is 5.06. The minimum Gasteiger partial charge on any atom is -0.505 e. The van der Waals surface area contributed by atoms with Crippen LogP contribution in [0.5, 0.6) is 5.75 Å². The molecule has 0 aliphatic carbocycles. The predicted octanol–water partition coefficient (Wildman–Crippen LogP) is 6.19. The largest absolute Gasteiger partial charge is 0.505 e. The lowest BCUT2D eigenvalue weighted by atomic mass is 10.1. The molecule has 1 aromatic heterocycles. The summed E-state index contributed by atoms with van der Waals surface area (Å²) in [5.41, 5.74) is 3.13. The first kappa shape index (κ1) is 16.7. The molecule has 0 bridgehead atoms. The summed E-state index contributed by atoms with van der Waals surface area (Å²) in [5.74, 6) is -0.0688. The summed E-state index contributed by atoms with van der Waals surface area (Å²) < 4.78 is 0. The molecule has 0 aliphatic heterocycles. The van der Waals surface area contributed by atoms with Gasteiger partial charge in [-0.2, -0.15) is 0 Å². The number of hydrogen-bond donors (Lipinski definition) is 2. The van der Waals surface area contributed by atoms with Gasteiger partial charge in [0.1, 0.15) is 0 Å². The van der Waals surface area contributed by atoms with E-state index in [0.717, 1.165) is 23.0 Å². The van der Waals surface area contributed by atoms with Crippen molar-refractivity contribution in [1.29, 1.82) is 0 Å². The summed E-state index contributed by atoms with van der Waals surface area (Å²) in [7, 11) is 0. The fraction of sp³-hybridized carbons (Fsp3) is 0.375. The van der Waals surface area contributed by atoms with Crippen LogP contribution in [0.1, 0.15) is 31.2 Å². The van der Waals surface area contributed by atoms with Crippen molar-refractivity contribution < 1.29 is 5.11 Å². The first-order valence-corrected chi connectivity index (χ1v) is 8.91. The van der Waals surface area contributed by atoms with E-state index in [1.54, 1.807) is 12.1 Å². The highest BCUT2D eigenvalue weighted by Gasteiger charge is 2.09. The number of benzene rings is 1. The number of aromatic nitrogens is 1. The number of phenolic OH excluding ortho intramolecular Hbond substituents is 1. The average molecular weight is 391 g/mol. The summed E-state index contributed by atoms with van der Waals surface area (Å²) in [6.07, 6.45) is 8.05. The number of halogens is 3. The van der Waals surface area contributed by atoms with Crippen molar-refractivity contribution in [2.24, 2.45) is 0 Å². The first-order chi connectivity index (χ1) is 10.1. The Morgan fingerprint density at radius 3 is 2.33 bits per heavy atom. The Hall–Kier alpha value is -0.640. The Morgan fingerprint density at radius 1 is 1.00 bits per heavy atom. The van der Waals surface area contributed by atoms with Gasteiger partial charge in [-0.25, -0.2) is 0 Å².